The maximum absolute atomic E-state index is 12.7. The van der Waals surface area contributed by atoms with Gasteiger partial charge in [-0.1, -0.05) is 23.7 Å². The number of para-hydroxylation sites is 1. The molecule has 0 spiro atoms. The summed E-state index contributed by atoms with van der Waals surface area (Å²) < 4.78 is 0. The number of piperazine rings is 1. The van der Waals surface area contributed by atoms with E-state index in [1.165, 1.54) is 0 Å². The van der Waals surface area contributed by atoms with Crippen molar-refractivity contribution < 1.29 is 9.59 Å². The lowest BCUT2D eigenvalue weighted by molar-refractivity contribution is -0.117. The number of nitrogens with one attached hydrogen (secondary N) is 1. The van der Waals surface area contributed by atoms with Gasteiger partial charge in [-0.15, -0.1) is 0 Å². The minimum atomic E-state index is -0.110. The molecule has 1 saturated heterocycles. The molecular formula is C20H23ClN4O2. The highest BCUT2D eigenvalue weighted by molar-refractivity contribution is 6.33. The summed E-state index contributed by atoms with van der Waals surface area (Å²) in [6, 6.07) is 10.9. The van der Waals surface area contributed by atoms with Gasteiger partial charge in [0.25, 0.3) is 5.91 Å². The third kappa shape index (κ3) is 4.84. The van der Waals surface area contributed by atoms with Crippen LogP contribution in [0.2, 0.25) is 5.02 Å². The Morgan fingerprint density at radius 3 is 2.44 bits per heavy atom. The van der Waals surface area contributed by atoms with Gasteiger partial charge in [0, 0.05) is 31.9 Å². The summed E-state index contributed by atoms with van der Waals surface area (Å²) in [6.45, 7) is 6.53. The van der Waals surface area contributed by atoms with Crippen molar-refractivity contribution in [1.82, 2.24) is 14.8 Å². The summed E-state index contributed by atoms with van der Waals surface area (Å²) in [7, 11) is 0. The molecule has 0 saturated carbocycles. The summed E-state index contributed by atoms with van der Waals surface area (Å²) in [5.41, 5.74) is 2.91. The highest BCUT2D eigenvalue weighted by Crippen LogP contribution is 2.20. The van der Waals surface area contributed by atoms with Crippen LogP contribution in [0.4, 0.5) is 5.69 Å². The van der Waals surface area contributed by atoms with E-state index in [0.717, 1.165) is 11.4 Å². The fraction of sp³-hybridized carbons (Fsp3) is 0.350. The number of hydrogen-bond acceptors (Lipinski definition) is 4. The van der Waals surface area contributed by atoms with Crippen molar-refractivity contribution in [3.63, 3.8) is 0 Å². The number of hydrogen-bond donors (Lipinski definition) is 1. The number of anilines is 1. The van der Waals surface area contributed by atoms with Crippen LogP contribution >= 0.6 is 11.6 Å². The number of aromatic nitrogens is 1. The third-order valence-electron chi connectivity index (χ3n) is 4.63. The van der Waals surface area contributed by atoms with Crippen LogP contribution in [0.5, 0.6) is 0 Å². The predicted molar refractivity (Wildman–Crippen MR) is 106 cm³/mol. The lowest BCUT2D eigenvalue weighted by Gasteiger charge is -2.34. The molecule has 0 unspecified atom stereocenters. The molecule has 0 atom stereocenters. The van der Waals surface area contributed by atoms with Crippen LogP contribution in [0.1, 0.15) is 21.7 Å². The zero-order chi connectivity index (χ0) is 19.4. The van der Waals surface area contributed by atoms with Gasteiger partial charge in [-0.05, 0) is 38.1 Å². The van der Waals surface area contributed by atoms with E-state index in [-0.39, 0.29) is 18.4 Å². The lowest BCUT2D eigenvalue weighted by atomic mass is 10.1. The quantitative estimate of drug-likeness (QED) is 0.877. The molecule has 27 heavy (non-hydrogen) atoms. The number of nitrogens with zero attached hydrogens (tertiary/aromatic N) is 3. The van der Waals surface area contributed by atoms with Crippen molar-refractivity contribution in [2.75, 3.05) is 38.0 Å². The zero-order valence-electron chi connectivity index (χ0n) is 15.5. The number of carbonyl (C=O) groups excluding carboxylic acids is 2. The van der Waals surface area contributed by atoms with Crippen molar-refractivity contribution in [3.05, 3.63) is 58.4 Å². The Morgan fingerprint density at radius 2 is 1.78 bits per heavy atom. The maximum atomic E-state index is 12.7. The molecule has 2 amide bonds. The molecule has 3 rings (SSSR count). The highest BCUT2D eigenvalue weighted by Gasteiger charge is 2.24. The van der Waals surface area contributed by atoms with Crippen LogP contribution < -0.4 is 5.32 Å². The summed E-state index contributed by atoms with van der Waals surface area (Å²) >= 11 is 6.07. The first-order valence-corrected chi connectivity index (χ1v) is 9.32. The average molecular weight is 387 g/mol. The van der Waals surface area contributed by atoms with Crippen LogP contribution in [0.3, 0.4) is 0 Å². The molecule has 1 N–H and O–H groups in total. The van der Waals surface area contributed by atoms with E-state index in [9.17, 15) is 9.59 Å². The summed E-state index contributed by atoms with van der Waals surface area (Å²) in [6.07, 6.45) is 0. The van der Waals surface area contributed by atoms with Crippen molar-refractivity contribution in [3.8, 4) is 0 Å². The van der Waals surface area contributed by atoms with Crippen LogP contribution in [-0.4, -0.2) is 59.3 Å². The van der Waals surface area contributed by atoms with E-state index < -0.39 is 0 Å². The van der Waals surface area contributed by atoms with Crippen LogP contribution in [0.15, 0.2) is 36.4 Å². The minimum absolute atomic E-state index is 0.000156. The van der Waals surface area contributed by atoms with Gasteiger partial charge in [-0.25, -0.2) is 0 Å². The smallest absolute Gasteiger partial charge is 0.255 e. The fourth-order valence-electron chi connectivity index (χ4n) is 3.15. The molecule has 0 bridgehead atoms. The second-order valence-electron chi connectivity index (χ2n) is 6.68. The van der Waals surface area contributed by atoms with Gasteiger partial charge in [-0.3, -0.25) is 19.5 Å². The van der Waals surface area contributed by atoms with Gasteiger partial charge in [0.1, 0.15) is 0 Å². The molecule has 6 nitrogen and oxygen atoms in total. The predicted octanol–water partition coefficient (Wildman–Crippen LogP) is 2.75. The Kier molecular flexibility index (Phi) is 6.08. The standard InChI is InChI=1S/C20H23ClN4O2/c1-14-7-8-16(15(2)22-14)20(27)25-11-9-24(10-12-25)13-19(26)23-18-6-4-3-5-17(18)21/h3-8H,9-13H2,1-2H3,(H,23,26). The number of rotatable bonds is 4. The minimum Gasteiger partial charge on any atom is -0.336 e. The van der Waals surface area contributed by atoms with Crippen molar-refractivity contribution in [2.45, 2.75) is 13.8 Å². The molecule has 1 aromatic heterocycles. The van der Waals surface area contributed by atoms with Crippen molar-refractivity contribution in [2.24, 2.45) is 0 Å². The first-order chi connectivity index (χ1) is 12.9. The molecule has 1 fully saturated rings. The molecular weight excluding hydrogens is 364 g/mol. The molecule has 142 valence electrons. The monoisotopic (exact) mass is 386 g/mol. The highest BCUT2D eigenvalue weighted by atomic mass is 35.5. The Balaban J connectivity index is 1.52. The Labute approximate surface area is 164 Å². The topological polar surface area (TPSA) is 65.5 Å². The maximum Gasteiger partial charge on any atom is 0.255 e. The number of benzene rings is 1. The molecule has 7 heteroatoms. The van der Waals surface area contributed by atoms with Gasteiger partial charge in [-0.2, -0.15) is 0 Å². The second-order valence-corrected chi connectivity index (χ2v) is 7.09. The molecule has 2 aromatic rings. The van der Waals surface area contributed by atoms with Gasteiger partial charge in [0.2, 0.25) is 5.91 Å². The van der Waals surface area contributed by atoms with E-state index in [1.54, 1.807) is 12.1 Å². The lowest BCUT2D eigenvalue weighted by Crippen LogP contribution is -2.50. The largest absolute Gasteiger partial charge is 0.336 e. The third-order valence-corrected chi connectivity index (χ3v) is 4.96. The van der Waals surface area contributed by atoms with E-state index in [0.29, 0.717) is 42.5 Å². The van der Waals surface area contributed by atoms with E-state index in [4.69, 9.17) is 11.6 Å². The van der Waals surface area contributed by atoms with E-state index in [2.05, 4.69) is 10.3 Å². The van der Waals surface area contributed by atoms with Crippen LogP contribution in [0.25, 0.3) is 0 Å². The number of aryl methyl sites for hydroxylation is 2. The first kappa shape index (κ1) is 19.3. The average Bonchev–Trinajstić information content (AvgIpc) is 2.64. The Bertz CT molecular complexity index is 848. The summed E-state index contributed by atoms with van der Waals surface area (Å²) in [5.74, 6) is -0.110. The number of halogens is 1. The van der Waals surface area contributed by atoms with E-state index in [1.807, 2.05) is 47.9 Å². The van der Waals surface area contributed by atoms with E-state index >= 15 is 0 Å². The van der Waals surface area contributed by atoms with Crippen molar-refractivity contribution >= 4 is 29.1 Å². The first-order valence-electron chi connectivity index (χ1n) is 8.94. The summed E-state index contributed by atoms with van der Waals surface area (Å²) in [5, 5.41) is 3.35. The Hall–Kier alpha value is -2.44. The van der Waals surface area contributed by atoms with Crippen LogP contribution in [-0.2, 0) is 4.79 Å². The molecule has 1 aromatic carbocycles. The van der Waals surface area contributed by atoms with Gasteiger partial charge >= 0.3 is 0 Å². The number of amides is 2. The van der Waals surface area contributed by atoms with Crippen LogP contribution in [0, 0.1) is 13.8 Å². The van der Waals surface area contributed by atoms with Gasteiger partial charge < -0.3 is 10.2 Å². The normalized spacial score (nSPS) is 14.9. The second kappa shape index (κ2) is 8.50. The molecule has 0 aliphatic carbocycles. The fourth-order valence-corrected chi connectivity index (χ4v) is 3.33. The number of carbonyl (C=O) groups is 2. The Morgan fingerprint density at radius 1 is 1.07 bits per heavy atom. The number of pyridine rings is 1. The summed E-state index contributed by atoms with van der Waals surface area (Å²) in [4.78, 5) is 33.2. The molecule has 0 radical (unpaired) electrons. The molecule has 1 aliphatic rings. The zero-order valence-corrected chi connectivity index (χ0v) is 16.3. The van der Waals surface area contributed by atoms with Crippen molar-refractivity contribution in [1.29, 1.82) is 0 Å². The van der Waals surface area contributed by atoms with Gasteiger partial charge in [0.05, 0.1) is 28.5 Å². The SMILES string of the molecule is Cc1ccc(C(=O)N2CCN(CC(=O)Nc3ccccc3Cl)CC2)c(C)n1. The molecule has 1 aliphatic heterocycles. The van der Waals surface area contributed by atoms with Gasteiger partial charge in [0.15, 0.2) is 0 Å². The molecule has 2 heterocycles.